The lowest BCUT2D eigenvalue weighted by atomic mass is 10.3. The SMILES string of the molecule is Cc1nn(C)cc1CNCCS(N)(=O)=O. The number of aromatic nitrogens is 2. The van der Waals surface area contributed by atoms with Crippen molar-refractivity contribution in [2.75, 3.05) is 12.3 Å². The number of rotatable bonds is 5. The predicted octanol–water partition coefficient (Wildman–Crippen LogP) is -0.893. The van der Waals surface area contributed by atoms with Gasteiger partial charge in [-0.05, 0) is 6.92 Å². The van der Waals surface area contributed by atoms with Gasteiger partial charge >= 0.3 is 0 Å². The van der Waals surface area contributed by atoms with Crippen molar-refractivity contribution in [1.29, 1.82) is 0 Å². The second-order valence-electron chi connectivity index (χ2n) is 3.46. The molecule has 15 heavy (non-hydrogen) atoms. The Morgan fingerprint density at radius 2 is 2.27 bits per heavy atom. The van der Waals surface area contributed by atoms with Gasteiger partial charge in [0.05, 0.1) is 11.4 Å². The molecular formula is C8H16N4O2S. The summed E-state index contributed by atoms with van der Waals surface area (Å²) in [6.45, 7) is 2.87. The molecule has 6 nitrogen and oxygen atoms in total. The number of primary sulfonamides is 1. The summed E-state index contributed by atoms with van der Waals surface area (Å²) < 4.78 is 23.0. The molecule has 0 aliphatic rings. The highest BCUT2D eigenvalue weighted by Crippen LogP contribution is 2.03. The molecule has 0 unspecified atom stereocenters. The molecule has 1 aromatic rings. The molecule has 0 fully saturated rings. The van der Waals surface area contributed by atoms with Crippen molar-refractivity contribution in [2.24, 2.45) is 12.2 Å². The summed E-state index contributed by atoms with van der Waals surface area (Å²) >= 11 is 0. The number of nitrogens with zero attached hydrogens (tertiary/aromatic N) is 2. The molecule has 1 heterocycles. The Morgan fingerprint density at radius 3 is 2.73 bits per heavy atom. The van der Waals surface area contributed by atoms with Gasteiger partial charge in [-0.15, -0.1) is 0 Å². The van der Waals surface area contributed by atoms with Crippen molar-refractivity contribution in [3.63, 3.8) is 0 Å². The van der Waals surface area contributed by atoms with Gasteiger partial charge in [0.1, 0.15) is 0 Å². The minimum absolute atomic E-state index is 0.0493. The van der Waals surface area contributed by atoms with Gasteiger partial charge in [0.25, 0.3) is 0 Å². The zero-order chi connectivity index (χ0) is 11.5. The number of nitrogens with two attached hydrogens (primary N) is 1. The van der Waals surface area contributed by atoms with Gasteiger partial charge < -0.3 is 5.32 Å². The van der Waals surface area contributed by atoms with Gasteiger partial charge in [-0.25, -0.2) is 13.6 Å². The molecule has 1 rings (SSSR count). The highest BCUT2D eigenvalue weighted by molar-refractivity contribution is 7.89. The average Bonchev–Trinajstić information content (AvgIpc) is 2.37. The molecule has 0 bridgehead atoms. The van der Waals surface area contributed by atoms with Crippen molar-refractivity contribution in [3.8, 4) is 0 Å². The van der Waals surface area contributed by atoms with Crippen LogP contribution in [-0.4, -0.2) is 30.5 Å². The molecule has 0 aliphatic carbocycles. The summed E-state index contributed by atoms with van der Waals surface area (Å²) in [7, 11) is -1.52. The van der Waals surface area contributed by atoms with Gasteiger partial charge in [-0.1, -0.05) is 0 Å². The third kappa shape index (κ3) is 4.41. The van der Waals surface area contributed by atoms with Crippen LogP contribution in [0.3, 0.4) is 0 Å². The standard InChI is InChI=1S/C8H16N4O2S/c1-7-8(6-12(2)11-7)5-10-3-4-15(9,13)14/h6,10H,3-5H2,1-2H3,(H2,9,13,14). The molecule has 1 aromatic heterocycles. The monoisotopic (exact) mass is 232 g/mol. The molecule has 7 heteroatoms. The molecule has 0 saturated heterocycles. The summed E-state index contributed by atoms with van der Waals surface area (Å²) in [6.07, 6.45) is 1.90. The van der Waals surface area contributed by atoms with Crippen LogP contribution in [0.2, 0.25) is 0 Å². The van der Waals surface area contributed by atoms with E-state index in [9.17, 15) is 8.42 Å². The molecule has 0 amide bonds. The average molecular weight is 232 g/mol. The van der Waals surface area contributed by atoms with E-state index >= 15 is 0 Å². The van der Waals surface area contributed by atoms with E-state index in [2.05, 4.69) is 10.4 Å². The lowest BCUT2D eigenvalue weighted by Crippen LogP contribution is -2.26. The second kappa shape index (κ2) is 4.73. The van der Waals surface area contributed by atoms with Gasteiger partial charge in [-0.2, -0.15) is 5.10 Å². The lowest BCUT2D eigenvalue weighted by molar-refractivity contribution is 0.592. The Kier molecular flexibility index (Phi) is 3.83. The van der Waals surface area contributed by atoms with Crippen LogP contribution in [0, 0.1) is 6.92 Å². The van der Waals surface area contributed by atoms with Gasteiger partial charge in [0.15, 0.2) is 0 Å². The smallest absolute Gasteiger partial charge is 0.210 e. The van der Waals surface area contributed by atoms with Crippen molar-refractivity contribution < 1.29 is 8.42 Å². The second-order valence-corrected chi connectivity index (χ2v) is 5.19. The summed E-state index contributed by atoms with van der Waals surface area (Å²) in [6, 6.07) is 0. The van der Waals surface area contributed by atoms with Gasteiger partial charge in [-0.3, -0.25) is 4.68 Å². The summed E-state index contributed by atoms with van der Waals surface area (Å²) in [5.74, 6) is -0.0493. The Labute approximate surface area is 89.5 Å². The highest BCUT2D eigenvalue weighted by Gasteiger charge is 2.04. The first kappa shape index (κ1) is 12.2. The van der Waals surface area contributed by atoms with Crippen LogP contribution in [0.15, 0.2) is 6.20 Å². The van der Waals surface area contributed by atoms with E-state index in [1.165, 1.54) is 0 Å². The number of hydrogen-bond acceptors (Lipinski definition) is 4. The van der Waals surface area contributed by atoms with E-state index in [-0.39, 0.29) is 5.75 Å². The van der Waals surface area contributed by atoms with Crippen molar-refractivity contribution in [3.05, 3.63) is 17.5 Å². The van der Waals surface area contributed by atoms with E-state index in [0.29, 0.717) is 13.1 Å². The largest absolute Gasteiger partial charge is 0.311 e. The number of hydrogen-bond donors (Lipinski definition) is 2. The first-order chi connectivity index (χ1) is 6.88. The zero-order valence-electron chi connectivity index (χ0n) is 8.90. The molecule has 0 radical (unpaired) electrons. The maximum atomic E-state index is 10.6. The van der Waals surface area contributed by atoms with Crippen molar-refractivity contribution in [1.82, 2.24) is 15.1 Å². The van der Waals surface area contributed by atoms with E-state index < -0.39 is 10.0 Å². The molecule has 0 saturated carbocycles. The Balaban J connectivity index is 2.35. The molecule has 0 aromatic carbocycles. The molecule has 0 atom stereocenters. The zero-order valence-corrected chi connectivity index (χ0v) is 9.71. The number of nitrogens with one attached hydrogen (secondary N) is 1. The highest BCUT2D eigenvalue weighted by atomic mass is 32.2. The molecule has 3 N–H and O–H groups in total. The summed E-state index contributed by atoms with van der Waals surface area (Å²) in [5.41, 5.74) is 2.01. The number of aryl methyl sites for hydroxylation is 2. The van der Waals surface area contributed by atoms with Gasteiger partial charge in [0.2, 0.25) is 10.0 Å². The first-order valence-corrected chi connectivity index (χ1v) is 6.30. The van der Waals surface area contributed by atoms with Crippen molar-refractivity contribution >= 4 is 10.0 Å². The van der Waals surface area contributed by atoms with Crippen LogP contribution in [0.25, 0.3) is 0 Å². The van der Waals surface area contributed by atoms with E-state index in [0.717, 1.165) is 11.3 Å². The van der Waals surface area contributed by atoms with Crippen LogP contribution in [0.4, 0.5) is 0 Å². The van der Waals surface area contributed by atoms with Crippen molar-refractivity contribution in [2.45, 2.75) is 13.5 Å². The third-order valence-corrected chi connectivity index (χ3v) is 2.77. The minimum Gasteiger partial charge on any atom is -0.311 e. The fourth-order valence-electron chi connectivity index (χ4n) is 1.26. The fourth-order valence-corrected chi connectivity index (χ4v) is 1.69. The fraction of sp³-hybridized carbons (Fsp3) is 0.625. The van der Waals surface area contributed by atoms with Crippen LogP contribution in [0.5, 0.6) is 0 Å². The quantitative estimate of drug-likeness (QED) is 0.644. The van der Waals surface area contributed by atoms with Gasteiger partial charge in [0, 0.05) is 31.9 Å². The maximum absolute atomic E-state index is 10.6. The predicted molar refractivity (Wildman–Crippen MR) is 57.6 cm³/mol. The first-order valence-electron chi connectivity index (χ1n) is 4.59. The Bertz CT molecular complexity index is 424. The summed E-state index contributed by atoms with van der Waals surface area (Å²) in [5, 5.41) is 12.0. The minimum atomic E-state index is -3.37. The van der Waals surface area contributed by atoms with Crippen LogP contribution < -0.4 is 10.5 Å². The lowest BCUT2D eigenvalue weighted by Gasteiger charge is -2.01. The molecule has 86 valence electrons. The van der Waals surface area contributed by atoms with E-state index in [1.54, 1.807) is 4.68 Å². The van der Waals surface area contributed by atoms with Crippen LogP contribution in [-0.2, 0) is 23.6 Å². The number of sulfonamides is 1. The topological polar surface area (TPSA) is 90.0 Å². The molecule has 0 aliphatic heterocycles. The molecule has 0 spiro atoms. The Hall–Kier alpha value is -0.920. The van der Waals surface area contributed by atoms with E-state index in [4.69, 9.17) is 5.14 Å². The van der Waals surface area contributed by atoms with E-state index in [1.807, 2.05) is 20.2 Å². The van der Waals surface area contributed by atoms with Crippen LogP contribution >= 0.6 is 0 Å². The normalized spacial score (nSPS) is 11.9. The maximum Gasteiger partial charge on any atom is 0.210 e. The third-order valence-electron chi connectivity index (χ3n) is 1.99. The van der Waals surface area contributed by atoms with Crippen LogP contribution in [0.1, 0.15) is 11.3 Å². The summed E-state index contributed by atoms with van der Waals surface area (Å²) in [4.78, 5) is 0. The molecular weight excluding hydrogens is 216 g/mol. The Morgan fingerprint density at radius 1 is 1.60 bits per heavy atom.